The van der Waals surface area contributed by atoms with Gasteiger partial charge in [-0.05, 0) is 60.7 Å². The number of hydrogen-bond donors (Lipinski definition) is 2. The summed E-state index contributed by atoms with van der Waals surface area (Å²) in [6, 6.07) is 10.6. The highest BCUT2D eigenvalue weighted by atomic mass is 32.2. The molecule has 0 unspecified atom stereocenters. The largest absolute Gasteiger partial charge is 0.357 e. The molecule has 158 valence electrons. The number of halogens is 2. The van der Waals surface area contributed by atoms with Gasteiger partial charge in [0.15, 0.2) is 15.8 Å². The third-order valence-electron chi connectivity index (χ3n) is 4.16. The fourth-order valence-corrected chi connectivity index (χ4v) is 3.71. The Balaban J connectivity index is 1.98. The van der Waals surface area contributed by atoms with E-state index in [0.29, 0.717) is 30.2 Å². The third kappa shape index (κ3) is 8.60. The van der Waals surface area contributed by atoms with Crippen molar-refractivity contribution in [3.05, 3.63) is 70.8 Å². The molecule has 0 fully saturated rings. The highest BCUT2D eigenvalue weighted by molar-refractivity contribution is 7.89. The molecular formula is C21H27F2N3O2S. The van der Waals surface area contributed by atoms with Gasteiger partial charge in [0.05, 0.1) is 12.3 Å². The fraction of sp³-hybridized carbons (Fsp3) is 0.381. The standard InChI is InChI=1S/C21H27F2N3O2S/c1-3-24-21(25-11-5-7-16-6-4-8-19(22)12-16)26-14-18-13-20(23)10-9-17(18)15-29(2,27)28/h4,6,8-10,12-13H,3,5,7,11,14-15H2,1-2H3,(H2,24,25,26). The Morgan fingerprint density at radius 1 is 1.03 bits per heavy atom. The van der Waals surface area contributed by atoms with E-state index < -0.39 is 15.7 Å². The normalized spacial score (nSPS) is 12.1. The minimum absolute atomic E-state index is 0.155. The molecule has 8 heteroatoms. The smallest absolute Gasteiger partial charge is 0.191 e. The molecule has 0 amide bonds. The van der Waals surface area contributed by atoms with Crippen LogP contribution in [0.4, 0.5) is 8.78 Å². The van der Waals surface area contributed by atoms with E-state index in [1.54, 1.807) is 6.07 Å². The van der Waals surface area contributed by atoms with Gasteiger partial charge in [0.1, 0.15) is 11.6 Å². The fourth-order valence-electron chi connectivity index (χ4n) is 2.86. The zero-order valence-corrected chi connectivity index (χ0v) is 17.5. The summed E-state index contributed by atoms with van der Waals surface area (Å²) in [7, 11) is -3.24. The van der Waals surface area contributed by atoms with Crippen LogP contribution in [0, 0.1) is 11.6 Å². The summed E-state index contributed by atoms with van der Waals surface area (Å²) in [5, 5.41) is 6.30. The Labute approximate surface area is 171 Å². The summed E-state index contributed by atoms with van der Waals surface area (Å²) in [5.41, 5.74) is 2.01. The van der Waals surface area contributed by atoms with Crippen LogP contribution >= 0.6 is 0 Å². The number of aliphatic imine (C=N–C) groups is 1. The molecule has 29 heavy (non-hydrogen) atoms. The lowest BCUT2D eigenvalue weighted by atomic mass is 10.1. The first kappa shape index (κ1) is 22.8. The van der Waals surface area contributed by atoms with Gasteiger partial charge in [0, 0.05) is 19.3 Å². The predicted octanol–water partition coefficient (Wildman–Crippen LogP) is 3.20. The average Bonchev–Trinajstić information content (AvgIpc) is 2.64. The Bertz CT molecular complexity index is 947. The van der Waals surface area contributed by atoms with E-state index in [0.717, 1.165) is 24.7 Å². The van der Waals surface area contributed by atoms with Gasteiger partial charge in [-0.25, -0.2) is 22.2 Å². The second-order valence-corrected chi connectivity index (χ2v) is 8.98. The molecule has 0 aliphatic rings. The molecule has 0 aliphatic carbocycles. The van der Waals surface area contributed by atoms with Crippen LogP contribution in [0.3, 0.4) is 0 Å². The van der Waals surface area contributed by atoms with E-state index in [9.17, 15) is 17.2 Å². The van der Waals surface area contributed by atoms with Gasteiger partial charge in [0.2, 0.25) is 0 Å². The molecule has 2 N–H and O–H groups in total. The number of nitrogens with zero attached hydrogens (tertiary/aromatic N) is 1. The molecule has 0 saturated heterocycles. The molecule has 0 aromatic heterocycles. The molecule has 0 spiro atoms. The first-order valence-corrected chi connectivity index (χ1v) is 11.5. The van der Waals surface area contributed by atoms with E-state index in [2.05, 4.69) is 15.6 Å². The minimum Gasteiger partial charge on any atom is -0.357 e. The number of rotatable bonds is 9. The quantitative estimate of drug-likeness (QED) is 0.369. The van der Waals surface area contributed by atoms with Crippen molar-refractivity contribution in [3.63, 3.8) is 0 Å². The van der Waals surface area contributed by atoms with Crippen molar-refractivity contribution in [1.29, 1.82) is 0 Å². The summed E-state index contributed by atoms with van der Waals surface area (Å²) in [4.78, 5) is 4.45. The maximum Gasteiger partial charge on any atom is 0.191 e. The topological polar surface area (TPSA) is 70.6 Å². The monoisotopic (exact) mass is 423 g/mol. The van der Waals surface area contributed by atoms with Crippen molar-refractivity contribution in [1.82, 2.24) is 10.6 Å². The van der Waals surface area contributed by atoms with E-state index in [4.69, 9.17) is 0 Å². The Morgan fingerprint density at radius 3 is 2.48 bits per heavy atom. The van der Waals surface area contributed by atoms with Crippen molar-refractivity contribution in [2.75, 3.05) is 19.3 Å². The second kappa shape index (κ2) is 10.9. The van der Waals surface area contributed by atoms with Gasteiger partial charge in [-0.3, -0.25) is 0 Å². The number of aryl methyl sites for hydroxylation is 1. The van der Waals surface area contributed by atoms with Gasteiger partial charge < -0.3 is 10.6 Å². The Morgan fingerprint density at radius 2 is 1.79 bits per heavy atom. The lowest BCUT2D eigenvalue weighted by Crippen LogP contribution is -2.37. The van der Waals surface area contributed by atoms with Crippen molar-refractivity contribution in [2.24, 2.45) is 4.99 Å². The molecule has 2 rings (SSSR count). The number of benzene rings is 2. The summed E-state index contributed by atoms with van der Waals surface area (Å²) in [6.07, 6.45) is 2.66. The molecule has 0 aliphatic heterocycles. The van der Waals surface area contributed by atoms with Crippen molar-refractivity contribution in [3.8, 4) is 0 Å². The molecule has 0 saturated carbocycles. The number of sulfone groups is 1. The van der Waals surface area contributed by atoms with Gasteiger partial charge in [-0.1, -0.05) is 18.2 Å². The first-order valence-electron chi connectivity index (χ1n) is 9.48. The lowest BCUT2D eigenvalue weighted by molar-refractivity contribution is 0.600. The van der Waals surface area contributed by atoms with Crippen LogP contribution in [-0.4, -0.2) is 33.7 Å². The number of nitrogens with one attached hydrogen (secondary N) is 2. The van der Waals surface area contributed by atoms with E-state index >= 15 is 0 Å². The van der Waals surface area contributed by atoms with Gasteiger partial charge >= 0.3 is 0 Å². The molecule has 0 bridgehead atoms. The summed E-state index contributed by atoms with van der Waals surface area (Å²) >= 11 is 0. The average molecular weight is 424 g/mol. The molecule has 0 heterocycles. The van der Waals surface area contributed by atoms with Gasteiger partial charge in [0.25, 0.3) is 0 Å². The van der Waals surface area contributed by atoms with Crippen LogP contribution in [0.25, 0.3) is 0 Å². The van der Waals surface area contributed by atoms with Crippen LogP contribution in [0.15, 0.2) is 47.5 Å². The number of guanidine groups is 1. The van der Waals surface area contributed by atoms with Crippen LogP contribution in [-0.2, 0) is 28.6 Å². The predicted molar refractivity (Wildman–Crippen MR) is 112 cm³/mol. The number of hydrogen-bond acceptors (Lipinski definition) is 3. The molecule has 0 radical (unpaired) electrons. The zero-order chi connectivity index (χ0) is 21.3. The lowest BCUT2D eigenvalue weighted by Gasteiger charge is -2.12. The summed E-state index contributed by atoms with van der Waals surface area (Å²) in [6.45, 7) is 3.36. The summed E-state index contributed by atoms with van der Waals surface area (Å²) < 4.78 is 50.1. The second-order valence-electron chi connectivity index (χ2n) is 6.84. The SMILES string of the molecule is CCNC(=NCc1cc(F)ccc1CS(C)(=O)=O)NCCCc1cccc(F)c1. The molecular weight excluding hydrogens is 396 g/mol. The molecule has 2 aromatic rings. The Hall–Kier alpha value is -2.48. The Kier molecular flexibility index (Phi) is 8.57. The van der Waals surface area contributed by atoms with Crippen molar-refractivity contribution >= 4 is 15.8 Å². The van der Waals surface area contributed by atoms with Crippen LogP contribution in [0.5, 0.6) is 0 Å². The van der Waals surface area contributed by atoms with E-state index in [1.807, 2.05) is 13.0 Å². The first-order chi connectivity index (χ1) is 13.8. The van der Waals surface area contributed by atoms with Gasteiger partial charge in [-0.2, -0.15) is 0 Å². The molecule has 0 atom stereocenters. The van der Waals surface area contributed by atoms with Crippen molar-refractivity contribution < 1.29 is 17.2 Å². The van der Waals surface area contributed by atoms with Crippen LogP contribution < -0.4 is 10.6 Å². The molecule has 5 nitrogen and oxygen atoms in total. The van der Waals surface area contributed by atoms with Crippen LogP contribution in [0.1, 0.15) is 30.0 Å². The maximum absolute atomic E-state index is 13.6. The summed E-state index contributed by atoms with van der Waals surface area (Å²) in [5.74, 6) is -0.275. The highest BCUT2D eigenvalue weighted by Gasteiger charge is 2.11. The van der Waals surface area contributed by atoms with Gasteiger partial charge in [-0.15, -0.1) is 0 Å². The third-order valence-corrected chi connectivity index (χ3v) is 5.00. The molecule has 2 aromatic carbocycles. The van der Waals surface area contributed by atoms with Crippen LogP contribution in [0.2, 0.25) is 0 Å². The van der Waals surface area contributed by atoms with Crippen molar-refractivity contribution in [2.45, 2.75) is 32.1 Å². The zero-order valence-electron chi connectivity index (χ0n) is 16.7. The minimum atomic E-state index is -3.24. The van der Waals surface area contributed by atoms with E-state index in [-0.39, 0.29) is 18.1 Å². The maximum atomic E-state index is 13.6. The highest BCUT2D eigenvalue weighted by Crippen LogP contribution is 2.15. The van der Waals surface area contributed by atoms with E-state index in [1.165, 1.54) is 30.3 Å².